The summed E-state index contributed by atoms with van der Waals surface area (Å²) in [6.07, 6.45) is 2.32. The molecule has 1 atom stereocenters. The van der Waals surface area contributed by atoms with Gasteiger partial charge in [-0.05, 0) is 31.4 Å². The number of hydrogen-bond acceptors (Lipinski definition) is 3. The first-order chi connectivity index (χ1) is 11.1. The van der Waals surface area contributed by atoms with Crippen molar-refractivity contribution < 1.29 is 4.79 Å². The smallest absolute Gasteiger partial charge is 0.236 e. The fraction of sp³-hybridized carbons (Fsp3) is 0.611. The molecule has 4 nitrogen and oxygen atoms in total. The summed E-state index contributed by atoms with van der Waals surface area (Å²) in [7, 11) is 0. The van der Waals surface area contributed by atoms with Gasteiger partial charge in [0.25, 0.3) is 0 Å². The molecule has 2 aliphatic rings. The second-order valence-electron chi connectivity index (χ2n) is 6.60. The van der Waals surface area contributed by atoms with Crippen LogP contribution in [0.3, 0.4) is 0 Å². The Morgan fingerprint density at radius 2 is 1.74 bits per heavy atom. The number of benzene rings is 1. The van der Waals surface area contributed by atoms with Gasteiger partial charge in [-0.2, -0.15) is 0 Å². The summed E-state index contributed by atoms with van der Waals surface area (Å²) in [5, 5.41) is 0.839. The number of hydrogen-bond donors (Lipinski definition) is 0. The Balaban J connectivity index is 1.50. The fourth-order valence-corrected chi connectivity index (χ4v) is 3.87. The van der Waals surface area contributed by atoms with Crippen LogP contribution in [0.25, 0.3) is 0 Å². The Kier molecular flexibility index (Phi) is 5.57. The van der Waals surface area contributed by atoms with Crippen LogP contribution in [0.15, 0.2) is 24.3 Å². The monoisotopic (exact) mass is 335 g/mol. The van der Waals surface area contributed by atoms with Crippen molar-refractivity contribution in [3.8, 4) is 0 Å². The lowest BCUT2D eigenvalue weighted by atomic mass is 10.1. The molecule has 1 aromatic rings. The van der Waals surface area contributed by atoms with Gasteiger partial charge in [0.15, 0.2) is 0 Å². The molecule has 2 saturated heterocycles. The predicted octanol–water partition coefficient (Wildman–Crippen LogP) is 2.64. The van der Waals surface area contributed by atoms with Crippen molar-refractivity contribution in [2.75, 3.05) is 45.8 Å². The van der Waals surface area contributed by atoms with Gasteiger partial charge in [-0.1, -0.05) is 29.8 Å². The van der Waals surface area contributed by atoms with Gasteiger partial charge in [-0.3, -0.25) is 14.6 Å². The van der Waals surface area contributed by atoms with Crippen LogP contribution in [0.4, 0.5) is 0 Å². The Bertz CT molecular complexity index is 537. The van der Waals surface area contributed by atoms with Crippen LogP contribution < -0.4 is 0 Å². The van der Waals surface area contributed by atoms with E-state index in [1.54, 1.807) is 0 Å². The van der Waals surface area contributed by atoms with E-state index in [2.05, 4.69) is 22.8 Å². The van der Waals surface area contributed by atoms with Crippen LogP contribution in [0.5, 0.6) is 0 Å². The number of carbonyl (C=O) groups excluding carboxylic acids is 1. The normalized spacial score (nSPS) is 21.6. The molecule has 1 aromatic carbocycles. The second kappa shape index (κ2) is 7.65. The SMILES string of the molecule is CC(c1ccccc1Cl)N1CCN(CC(=O)N2CCCC2)CC1. The van der Waals surface area contributed by atoms with Gasteiger partial charge < -0.3 is 4.90 Å². The van der Waals surface area contributed by atoms with Gasteiger partial charge >= 0.3 is 0 Å². The Labute approximate surface area is 144 Å². The number of piperazine rings is 1. The Morgan fingerprint density at radius 1 is 1.09 bits per heavy atom. The molecule has 0 N–H and O–H groups in total. The summed E-state index contributed by atoms with van der Waals surface area (Å²) in [6.45, 7) is 8.56. The van der Waals surface area contributed by atoms with Crippen LogP contribution >= 0.6 is 11.6 Å². The molecule has 0 aliphatic carbocycles. The van der Waals surface area contributed by atoms with Crippen molar-refractivity contribution in [2.45, 2.75) is 25.8 Å². The highest BCUT2D eigenvalue weighted by Crippen LogP contribution is 2.27. The average Bonchev–Trinajstić information content (AvgIpc) is 3.10. The minimum Gasteiger partial charge on any atom is -0.342 e. The maximum Gasteiger partial charge on any atom is 0.236 e. The molecule has 0 bridgehead atoms. The van der Waals surface area contributed by atoms with Crippen LogP contribution in [0.2, 0.25) is 5.02 Å². The molecule has 23 heavy (non-hydrogen) atoms. The van der Waals surface area contributed by atoms with Gasteiger partial charge in [0, 0.05) is 50.3 Å². The number of likely N-dealkylation sites (tertiary alicyclic amines) is 1. The molecule has 0 saturated carbocycles. The lowest BCUT2D eigenvalue weighted by Gasteiger charge is -2.38. The number of nitrogens with zero attached hydrogens (tertiary/aromatic N) is 3. The molecule has 1 unspecified atom stereocenters. The van der Waals surface area contributed by atoms with E-state index >= 15 is 0 Å². The van der Waals surface area contributed by atoms with E-state index < -0.39 is 0 Å². The van der Waals surface area contributed by atoms with Crippen molar-refractivity contribution in [2.24, 2.45) is 0 Å². The first-order valence-electron chi connectivity index (χ1n) is 8.64. The highest BCUT2D eigenvalue weighted by molar-refractivity contribution is 6.31. The zero-order chi connectivity index (χ0) is 16.2. The van der Waals surface area contributed by atoms with Gasteiger partial charge in [-0.15, -0.1) is 0 Å². The standard InChI is InChI=1S/C18H26ClN3O/c1-15(16-6-2-3-7-17(16)19)21-12-10-20(11-13-21)14-18(23)22-8-4-5-9-22/h2-3,6-7,15H,4-5,8-14H2,1H3. The van der Waals surface area contributed by atoms with Crippen LogP contribution in [0.1, 0.15) is 31.4 Å². The summed E-state index contributed by atoms with van der Waals surface area (Å²) in [5.41, 5.74) is 1.19. The molecule has 1 amide bonds. The van der Waals surface area contributed by atoms with E-state index in [0.717, 1.165) is 57.1 Å². The highest BCUT2D eigenvalue weighted by Gasteiger charge is 2.26. The van der Waals surface area contributed by atoms with Crippen molar-refractivity contribution in [1.29, 1.82) is 0 Å². The average molecular weight is 336 g/mol. The zero-order valence-electron chi connectivity index (χ0n) is 13.9. The maximum absolute atomic E-state index is 12.2. The molecule has 2 fully saturated rings. The van der Waals surface area contributed by atoms with Crippen molar-refractivity contribution in [3.63, 3.8) is 0 Å². The number of rotatable bonds is 4. The van der Waals surface area contributed by atoms with E-state index in [1.165, 1.54) is 5.56 Å². The molecule has 0 radical (unpaired) electrons. The van der Waals surface area contributed by atoms with E-state index in [0.29, 0.717) is 18.5 Å². The first kappa shape index (κ1) is 16.7. The molecule has 2 aliphatic heterocycles. The van der Waals surface area contributed by atoms with Gasteiger partial charge in [0.2, 0.25) is 5.91 Å². The summed E-state index contributed by atoms with van der Waals surface area (Å²) in [4.78, 5) is 19.0. The Morgan fingerprint density at radius 3 is 2.39 bits per heavy atom. The van der Waals surface area contributed by atoms with Gasteiger partial charge in [0.1, 0.15) is 0 Å². The highest BCUT2D eigenvalue weighted by atomic mass is 35.5. The molecule has 3 rings (SSSR count). The summed E-state index contributed by atoms with van der Waals surface area (Å²) in [5.74, 6) is 0.301. The second-order valence-corrected chi connectivity index (χ2v) is 7.00. The zero-order valence-corrected chi connectivity index (χ0v) is 14.6. The fourth-order valence-electron chi connectivity index (χ4n) is 3.58. The van der Waals surface area contributed by atoms with E-state index in [-0.39, 0.29) is 0 Å². The minimum atomic E-state index is 0.301. The third-order valence-electron chi connectivity index (χ3n) is 5.13. The minimum absolute atomic E-state index is 0.301. The van der Waals surface area contributed by atoms with E-state index in [9.17, 15) is 4.79 Å². The molecular formula is C18H26ClN3O. The number of halogens is 1. The van der Waals surface area contributed by atoms with Crippen LogP contribution in [-0.2, 0) is 4.79 Å². The summed E-state index contributed by atoms with van der Waals surface area (Å²) < 4.78 is 0. The molecule has 2 heterocycles. The third-order valence-corrected chi connectivity index (χ3v) is 5.47. The quantitative estimate of drug-likeness (QED) is 0.846. The first-order valence-corrected chi connectivity index (χ1v) is 9.01. The molecule has 0 spiro atoms. The molecular weight excluding hydrogens is 310 g/mol. The van der Waals surface area contributed by atoms with E-state index in [4.69, 9.17) is 11.6 Å². The molecule has 0 aromatic heterocycles. The lowest BCUT2D eigenvalue weighted by Crippen LogP contribution is -2.50. The van der Waals surface area contributed by atoms with Crippen molar-refractivity contribution in [1.82, 2.24) is 14.7 Å². The van der Waals surface area contributed by atoms with Crippen molar-refractivity contribution in [3.05, 3.63) is 34.9 Å². The third kappa shape index (κ3) is 4.06. The summed E-state index contributed by atoms with van der Waals surface area (Å²) >= 11 is 6.32. The molecule has 5 heteroatoms. The lowest BCUT2D eigenvalue weighted by molar-refractivity contribution is -0.131. The predicted molar refractivity (Wildman–Crippen MR) is 93.7 cm³/mol. The van der Waals surface area contributed by atoms with Crippen molar-refractivity contribution >= 4 is 17.5 Å². The largest absolute Gasteiger partial charge is 0.342 e. The molecule has 126 valence electrons. The Hall–Kier alpha value is -1.10. The van der Waals surface area contributed by atoms with Crippen LogP contribution in [0, 0.1) is 0 Å². The summed E-state index contributed by atoms with van der Waals surface area (Å²) in [6, 6.07) is 8.40. The maximum atomic E-state index is 12.2. The van der Waals surface area contributed by atoms with Crippen LogP contribution in [-0.4, -0.2) is 66.4 Å². The van der Waals surface area contributed by atoms with Gasteiger partial charge in [0.05, 0.1) is 6.54 Å². The van der Waals surface area contributed by atoms with Gasteiger partial charge in [-0.25, -0.2) is 0 Å². The van der Waals surface area contributed by atoms with E-state index in [1.807, 2.05) is 23.1 Å². The topological polar surface area (TPSA) is 26.8 Å². The number of amides is 1. The number of carbonyl (C=O) groups is 1.